The lowest BCUT2D eigenvalue weighted by molar-refractivity contribution is -0.0471. The van der Waals surface area contributed by atoms with Gasteiger partial charge in [-0.05, 0) is 55.5 Å². The number of rotatable bonds is 2. The van der Waals surface area contributed by atoms with Gasteiger partial charge < -0.3 is 10.0 Å². The maximum absolute atomic E-state index is 10.5. The van der Waals surface area contributed by atoms with Gasteiger partial charge in [-0.25, -0.2) is 0 Å². The van der Waals surface area contributed by atoms with Crippen molar-refractivity contribution in [2.24, 2.45) is 16.7 Å². The molecule has 2 fully saturated rings. The summed E-state index contributed by atoms with van der Waals surface area (Å²) in [5.74, 6) is 0.495. The monoisotopic (exact) mass is 253 g/mol. The summed E-state index contributed by atoms with van der Waals surface area (Å²) in [6.07, 6.45) is 6.18. The molecule has 2 atom stereocenters. The van der Waals surface area contributed by atoms with Gasteiger partial charge in [-0.2, -0.15) is 0 Å². The number of aliphatic hydroxyl groups excluding tert-OH is 1. The molecule has 2 aliphatic rings. The first-order chi connectivity index (χ1) is 8.30. The molecular formula is C16H31NO. The molecule has 2 heteroatoms. The highest BCUT2D eigenvalue weighted by atomic mass is 16.3. The standard InChI is InChI=1S/C16H31NO/c1-15(2)8-10-17(11-9-15)12-13-6-5-7-16(3,4)14(13)18/h13-14,18H,5-12H2,1-4H3. The molecule has 0 spiro atoms. The van der Waals surface area contributed by atoms with Crippen molar-refractivity contribution in [2.75, 3.05) is 19.6 Å². The lowest BCUT2D eigenvalue weighted by Crippen LogP contribution is -2.47. The quantitative estimate of drug-likeness (QED) is 0.816. The minimum atomic E-state index is -0.110. The van der Waals surface area contributed by atoms with E-state index in [1.807, 2.05) is 0 Å². The molecule has 1 N–H and O–H groups in total. The molecule has 0 aromatic heterocycles. The summed E-state index contributed by atoms with van der Waals surface area (Å²) in [6.45, 7) is 12.8. The maximum Gasteiger partial charge on any atom is 0.0631 e. The average molecular weight is 253 g/mol. The zero-order valence-electron chi connectivity index (χ0n) is 12.7. The second-order valence-corrected chi connectivity index (χ2v) is 8.05. The molecular weight excluding hydrogens is 222 g/mol. The first kappa shape index (κ1) is 14.3. The van der Waals surface area contributed by atoms with E-state index in [4.69, 9.17) is 0 Å². The minimum absolute atomic E-state index is 0.110. The predicted octanol–water partition coefficient (Wildman–Crippen LogP) is 3.30. The Balaban J connectivity index is 1.86. The molecule has 1 aliphatic carbocycles. The molecule has 1 saturated heterocycles. The summed E-state index contributed by atoms with van der Waals surface area (Å²) in [7, 11) is 0. The van der Waals surface area contributed by atoms with Crippen LogP contribution in [0, 0.1) is 16.7 Å². The van der Waals surface area contributed by atoms with Crippen LogP contribution in [0.2, 0.25) is 0 Å². The molecule has 106 valence electrons. The summed E-state index contributed by atoms with van der Waals surface area (Å²) in [4.78, 5) is 2.58. The van der Waals surface area contributed by atoms with Gasteiger partial charge in [0, 0.05) is 6.54 Å². The summed E-state index contributed by atoms with van der Waals surface area (Å²) >= 11 is 0. The van der Waals surface area contributed by atoms with Crippen LogP contribution >= 0.6 is 0 Å². The zero-order valence-corrected chi connectivity index (χ0v) is 12.7. The Bertz CT molecular complexity index is 275. The van der Waals surface area contributed by atoms with Gasteiger partial charge in [0.25, 0.3) is 0 Å². The van der Waals surface area contributed by atoms with Gasteiger partial charge in [0.15, 0.2) is 0 Å². The summed E-state index contributed by atoms with van der Waals surface area (Å²) < 4.78 is 0. The van der Waals surface area contributed by atoms with Gasteiger partial charge in [0.1, 0.15) is 0 Å². The van der Waals surface area contributed by atoms with E-state index in [-0.39, 0.29) is 11.5 Å². The molecule has 0 aromatic rings. The third kappa shape index (κ3) is 3.27. The van der Waals surface area contributed by atoms with Gasteiger partial charge in [0.2, 0.25) is 0 Å². The number of piperidine rings is 1. The number of aliphatic hydroxyl groups is 1. The van der Waals surface area contributed by atoms with E-state index >= 15 is 0 Å². The molecule has 0 amide bonds. The highest BCUT2D eigenvalue weighted by Gasteiger charge is 2.38. The van der Waals surface area contributed by atoms with Crippen LogP contribution in [-0.2, 0) is 0 Å². The molecule has 2 nitrogen and oxygen atoms in total. The fourth-order valence-corrected chi connectivity index (χ4v) is 3.63. The van der Waals surface area contributed by atoms with E-state index < -0.39 is 0 Å². The second kappa shape index (κ2) is 5.13. The normalized spacial score (nSPS) is 36.5. The van der Waals surface area contributed by atoms with Gasteiger partial charge in [-0.3, -0.25) is 0 Å². The van der Waals surface area contributed by atoms with Crippen molar-refractivity contribution in [3.05, 3.63) is 0 Å². The number of nitrogens with zero attached hydrogens (tertiary/aromatic N) is 1. The second-order valence-electron chi connectivity index (χ2n) is 8.05. The highest BCUT2D eigenvalue weighted by molar-refractivity contribution is 4.90. The Hall–Kier alpha value is -0.0800. The molecule has 1 heterocycles. The van der Waals surface area contributed by atoms with Crippen molar-refractivity contribution in [1.29, 1.82) is 0 Å². The molecule has 2 unspecified atom stereocenters. The van der Waals surface area contributed by atoms with Crippen LogP contribution in [-0.4, -0.2) is 35.7 Å². The SMILES string of the molecule is CC1(C)CCN(CC2CCCC(C)(C)C2O)CC1. The van der Waals surface area contributed by atoms with Crippen LogP contribution in [0.1, 0.15) is 59.8 Å². The number of hydrogen-bond donors (Lipinski definition) is 1. The number of likely N-dealkylation sites (tertiary alicyclic amines) is 1. The Morgan fingerprint density at radius 2 is 1.67 bits per heavy atom. The van der Waals surface area contributed by atoms with Crippen molar-refractivity contribution in [3.63, 3.8) is 0 Å². The van der Waals surface area contributed by atoms with Crippen LogP contribution in [0.3, 0.4) is 0 Å². The van der Waals surface area contributed by atoms with Crippen LogP contribution in [0.25, 0.3) is 0 Å². The van der Waals surface area contributed by atoms with Crippen molar-refractivity contribution in [1.82, 2.24) is 4.90 Å². The zero-order chi connectivity index (χ0) is 13.4. The van der Waals surface area contributed by atoms with E-state index in [1.54, 1.807) is 0 Å². The maximum atomic E-state index is 10.5. The molecule has 1 saturated carbocycles. The van der Waals surface area contributed by atoms with Gasteiger partial charge in [-0.1, -0.05) is 34.1 Å². The van der Waals surface area contributed by atoms with E-state index in [0.29, 0.717) is 11.3 Å². The molecule has 0 aromatic carbocycles. The van der Waals surface area contributed by atoms with Gasteiger partial charge in [0.05, 0.1) is 6.10 Å². The van der Waals surface area contributed by atoms with Crippen molar-refractivity contribution in [3.8, 4) is 0 Å². The Kier molecular flexibility index (Phi) is 4.08. The van der Waals surface area contributed by atoms with Crippen molar-refractivity contribution < 1.29 is 5.11 Å². The molecule has 0 bridgehead atoms. The van der Waals surface area contributed by atoms with Gasteiger partial charge >= 0.3 is 0 Å². The lowest BCUT2D eigenvalue weighted by atomic mass is 9.69. The predicted molar refractivity (Wildman–Crippen MR) is 76.6 cm³/mol. The average Bonchev–Trinajstić information content (AvgIpc) is 2.27. The first-order valence-corrected chi connectivity index (χ1v) is 7.71. The third-order valence-electron chi connectivity index (χ3n) is 5.35. The molecule has 1 aliphatic heterocycles. The van der Waals surface area contributed by atoms with Gasteiger partial charge in [-0.15, -0.1) is 0 Å². The minimum Gasteiger partial charge on any atom is -0.392 e. The smallest absolute Gasteiger partial charge is 0.0631 e. The molecule has 18 heavy (non-hydrogen) atoms. The Morgan fingerprint density at radius 3 is 2.28 bits per heavy atom. The Labute approximate surface area is 113 Å². The van der Waals surface area contributed by atoms with E-state index in [1.165, 1.54) is 45.2 Å². The third-order valence-corrected chi connectivity index (χ3v) is 5.35. The van der Waals surface area contributed by atoms with Crippen LogP contribution in [0.15, 0.2) is 0 Å². The van der Waals surface area contributed by atoms with Crippen molar-refractivity contribution in [2.45, 2.75) is 65.9 Å². The molecule has 0 radical (unpaired) electrons. The number of hydrogen-bond acceptors (Lipinski definition) is 2. The van der Waals surface area contributed by atoms with Crippen molar-refractivity contribution >= 4 is 0 Å². The first-order valence-electron chi connectivity index (χ1n) is 7.71. The van der Waals surface area contributed by atoms with E-state index in [0.717, 1.165) is 6.54 Å². The van der Waals surface area contributed by atoms with Crippen LogP contribution in [0.4, 0.5) is 0 Å². The fourth-order valence-electron chi connectivity index (χ4n) is 3.63. The van der Waals surface area contributed by atoms with Crippen LogP contribution in [0.5, 0.6) is 0 Å². The topological polar surface area (TPSA) is 23.5 Å². The van der Waals surface area contributed by atoms with E-state index in [9.17, 15) is 5.11 Å². The summed E-state index contributed by atoms with van der Waals surface area (Å²) in [5.41, 5.74) is 0.652. The van der Waals surface area contributed by atoms with Crippen LogP contribution < -0.4 is 0 Å². The lowest BCUT2D eigenvalue weighted by Gasteiger charge is -2.44. The Morgan fingerprint density at radius 1 is 1.06 bits per heavy atom. The summed E-state index contributed by atoms with van der Waals surface area (Å²) in [5, 5.41) is 10.5. The fraction of sp³-hybridized carbons (Fsp3) is 1.00. The highest BCUT2D eigenvalue weighted by Crippen LogP contribution is 2.40. The van der Waals surface area contributed by atoms with E-state index in [2.05, 4.69) is 32.6 Å². The molecule has 2 rings (SSSR count). The largest absolute Gasteiger partial charge is 0.392 e. The summed E-state index contributed by atoms with van der Waals surface area (Å²) in [6, 6.07) is 0.